The summed E-state index contributed by atoms with van der Waals surface area (Å²) >= 11 is 7.28. The number of benzene rings is 2. The highest BCUT2D eigenvalue weighted by atomic mass is 35.5. The number of methoxy groups -OCH3 is 1. The van der Waals surface area contributed by atoms with Gasteiger partial charge in [0.1, 0.15) is 11.5 Å². The molecule has 1 saturated heterocycles. The van der Waals surface area contributed by atoms with E-state index in [1.165, 1.54) is 23.3 Å². The number of thiazole rings is 1. The minimum atomic E-state index is -0.851. The van der Waals surface area contributed by atoms with Crippen molar-refractivity contribution in [1.29, 1.82) is 0 Å². The maximum absolute atomic E-state index is 13.1. The van der Waals surface area contributed by atoms with Crippen LogP contribution in [0.4, 0.5) is 5.13 Å². The van der Waals surface area contributed by atoms with Crippen LogP contribution < -0.4 is 9.64 Å². The van der Waals surface area contributed by atoms with E-state index >= 15 is 0 Å². The third-order valence-electron chi connectivity index (χ3n) is 5.19. The number of ketones is 1. The van der Waals surface area contributed by atoms with E-state index in [2.05, 4.69) is 4.98 Å². The zero-order chi connectivity index (χ0) is 22.3. The normalized spacial score (nSPS) is 17.9. The van der Waals surface area contributed by atoms with Crippen molar-refractivity contribution in [1.82, 2.24) is 4.98 Å². The highest BCUT2D eigenvalue weighted by Crippen LogP contribution is 2.44. The average Bonchev–Trinajstić information content (AvgIpc) is 3.23. The molecule has 158 valence electrons. The lowest BCUT2D eigenvalue weighted by atomic mass is 9.95. The van der Waals surface area contributed by atoms with Crippen molar-refractivity contribution in [2.75, 3.05) is 12.0 Å². The predicted octanol–water partition coefficient (Wildman–Crippen LogP) is 5.05. The molecule has 0 radical (unpaired) electrons. The van der Waals surface area contributed by atoms with Gasteiger partial charge in [0, 0.05) is 15.5 Å². The number of hydrogen-bond acceptors (Lipinski definition) is 6. The predicted molar refractivity (Wildman–Crippen MR) is 121 cm³/mol. The second kappa shape index (κ2) is 8.17. The van der Waals surface area contributed by atoms with Crippen LogP contribution in [0.2, 0.25) is 5.02 Å². The van der Waals surface area contributed by atoms with Crippen molar-refractivity contribution in [2.24, 2.45) is 0 Å². The molecule has 0 bridgehead atoms. The molecule has 0 aliphatic carbocycles. The lowest BCUT2D eigenvalue weighted by Crippen LogP contribution is -2.29. The van der Waals surface area contributed by atoms with E-state index < -0.39 is 17.7 Å². The van der Waals surface area contributed by atoms with Gasteiger partial charge in [0.15, 0.2) is 5.13 Å². The third kappa shape index (κ3) is 3.71. The number of ether oxygens (including phenoxy) is 1. The smallest absolute Gasteiger partial charge is 0.301 e. The zero-order valence-electron chi connectivity index (χ0n) is 17.0. The van der Waals surface area contributed by atoms with E-state index in [0.29, 0.717) is 27.0 Å². The molecule has 0 unspecified atom stereocenters. The van der Waals surface area contributed by atoms with E-state index in [9.17, 15) is 14.7 Å². The molecule has 1 aliphatic rings. The second-order valence-corrected chi connectivity index (χ2v) is 8.71. The fraction of sp³-hybridized carbons (Fsp3) is 0.174. The van der Waals surface area contributed by atoms with Gasteiger partial charge in [0.25, 0.3) is 5.78 Å². The van der Waals surface area contributed by atoms with Gasteiger partial charge in [-0.1, -0.05) is 23.7 Å². The SMILES string of the molecule is COc1cccc([C@H]2C(=C(O)c3ccc(Cl)cc3)C(=O)C(=O)N2c2nc(C)c(C)s2)c1. The monoisotopic (exact) mass is 454 g/mol. The largest absolute Gasteiger partial charge is 0.507 e. The highest BCUT2D eigenvalue weighted by Gasteiger charge is 2.48. The Morgan fingerprint density at radius 1 is 1.16 bits per heavy atom. The van der Waals surface area contributed by atoms with Gasteiger partial charge < -0.3 is 9.84 Å². The number of rotatable bonds is 4. The minimum absolute atomic E-state index is 0.00826. The van der Waals surface area contributed by atoms with Gasteiger partial charge in [-0.2, -0.15) is 0 Å². The molecule has 2 heterocycles. The summed E-state index contributed by atoms with van der Waals surface area (Å²) in [6, 6.07) is 12.6. The summed E-state index contributed by atoms with van der Waals surface area (Å²) in [4.78, 5) is 33.0. The van der Waals surface area contributed by atoms with Crippen LogP contribution in [0.25, 0.3) is 5.76 Å². The standard InChI is InChI=1S/C23H19ClN2O4S/c1-12-13(2)31-23(25-12)26-19(15-5-4-6-17(11-15)30-3)18(21(28)22(26)29)20(27)14-7-9-16(24)10-8-14/h4-11,19,27H,1-3H3/t19-/m0/s1. The Balaban J connectivity index is 1.96. The van der Waals surface area contributed by atoms with Crippen molar-refractivity contribution in [3.05, 3.63) is 80.8 Å². The van der Waals surface area contributed by atoms with Crippen LogP contribution in [0.5, 0.6) is 5.75 Å². The summed E-state index contributed by atoms with van der Waals surface area (Å²) in [6.45, 7) is 3.75. The Bertz CT molecular complexity index is 1200. The lowest BCUT2D eigenvalue weighted by molar-refractivity contribution is -0.132. The first-order valence-corrected chi connectivity index (χ1v) is 10.7. The summed E-state index contributed by atoms with van der Waals surface area (Å²) in [5, 5.41) is 12.0. The van der Waals surface area contributed by atoms with Crippen molar-refractivity contribution in [3.63, 3.8) is 0 Å². The summed E-state index contributed by atoms with van der Waals surface area (Å²) in [7, 11) is 1.54. The summed E-state index contributed by atoms with van der Waals surface area (Å²) < 4.78 is 5.33. The van der Waals surface area contributed by atoms with Gasteiger partial charge in [-0.15, -0.1) is 11.3 Å². The molecule has 1 N–H and O–H groups in total. The number of halogens is 1. The molecule has 2 aromatic carbocycles. The van der Waals surface area contributed by atoms with Gasteiger partial charge in [0.05, 0.1) is 24.4 Å². The third-order valence-corrected chi connectivity index (χ3v) is 6.52. The van der Waals surface area contributed by atoms with E-state index in [1.807, 2.05) is 13.8 Å². The molecule has 4 rings (SSSR count). The number of aromatic nitrogens is 1. The van der Waals surface area contributed by atoms with E-state index in [4.69, 9.17) is 16.3 Å². The number of hydrogen-bond donors (Lipinski definition) is 1. The van der Waals surface area contributed by atoms with Gasteiger partial charge in [-0.05, 0) is 55.8 Å². The fourth-order valence-corrected chi connectivity index (χ4v) is 4.54. The maximum Gasteiger partial charge on any atom is 0.301 e. The Morgan fingerprint density at radius 3 is 2.48 bits per heavy atom. The zero-order valence-corrected chi connectivity index (χ0v) is 18.6. The molecule has 1 fully saturated rings. The van der Waals surface area contributed by atoms with Crippen LogP contribution in [0, 0.1) is 13.8 Å². The quantitative estimate of drug-likeness (QED) is 0.339. The van der Waals surface area contributed by atoms with Crippen molar-refractivity contribution in [2.45, 2.75) is 19.9 Å². The van der Waals surface area contributed by atoms with Crippen molar-refractivity contribution >= 4 is 45.5 Å². The molecule has 6 nitrogen and oxygen atoms in total. The number of aryl methyl sites for hydroxylation is 2. The molecule has 0 saturated carbocycles. The Kier molecular flexibility index (Phi) is 5.56. The van der Waals surface area contributed by atoms with Crippen LogP contribution in [-0.4, -0.2) is 28.9 Å². The lowest BCUT2D eigenvalue weighted by Gasteiger charge is -2.23. The fourth-order valence-electron chi connectivity index (χ4n) is 3.48. The van der Waals surface area contributed by atoms with Crippen LogP contribution >= 0.6 is 22.9 Å². The minimum Gasteiger partial charge on any atom is -0.507 e. The molecule has 3 aromatic rings. The number of Topliss-reactive ketones (excluding diaryl/α,β-unsaturated/α-hetero) is 1. The Morgan fingerprint density at radius 2 is 1.87 bits per heavy atom. The van der Waals surface area contributed by atoms with Crippen LogP contribution in [0.15, 0.2) is 54.1 Å². The van der Waals surface area contributed by atoms with Gasteiger partial charge >= 0.3 is 5.91 Å². The first-order valence-electron chi connectivity index (χ1n) is 9.46. The molecule has 31 heavy (non-hydrogen) atoms. The van der Waals surface area contributed by atoms with E-state index in [0.717, 1.165) is 10.6 Å². The van der Waals surface area contributed by atoms with Gasteiger partial charge in [-0.25, -0.2) is 4.98 Å². The molecule has 1 amide bonds. The highest BCUT2D eigenvalue weighted by molar-refractivity contribution is 7.16. The first-order chi connectivity index (χ1) is 14.8. The molecule has 1 atom stereocenters. The van der Waals surface area contributed by atoms with Gasteiger partial charge in [0.2, 0.25) is 0 Å². The Labute approximate surface area is 188 Å². The number of amides is 1. The number of carbonyl (C=O) groups is 2. The summed E-state index contributed by atoms with van der Waals surface area (Å²) in [5.41, 5.74) is 1.79. The first kappa shape index (κ1) is 21.1. The maximum atomic E-state index is 13.1. The average molecular weight is 455 g/mol. The number of carbonyl (C=O) groups excluding carboxylic acids is 2. The topological polar surface area (TPSA) is 79.7 Å². The van der Waals surface area contributed by atoms with Crippen molar-refractivity contribution in [3.8, 4) is 5.75 Å². The van der Waals surface area contributed by atoms with Crippen LogP contribution in [0.3, 0.4) is 0 Å². The number of nitrogens with zero attached hydrogens (tertiary/aromatic N) is 2. The second-order valence-electron chi connectivity index (χ2n) is 7.09. The Hall–Kier alpha value is -3.16. The van der Waals surface area contributed by atoms with E-state index in [-0.39, 0.29) is 11.3 Å². The van der Waals surface area contributed by atoms with Crippen LogP contribution in [-0.2, 0) is 9.59 Å². The van der Waals surface area contributed by atoms with Crippen LogP contribution in [0.1, 0.15) is 27.7 Å². The number of anilines is 1. The summed E-state index contributed by atoms with van der Waals surface area (Å²) in [6.07, 6.45) is 0. The molecular weight excluding hydrogens is 436 g/mol. The number of aliphatic hydroxyl groups excluding tert-OH is 1. The van der Waals surface area contributed by atoms with Gasteiger partial charge in [-0.3, -0.25) is 14.5 Å². The summed E-state index contributed by atoms with van der Waals surface area (Å²) in [5.74, 6) is -1.21. The molecule has 1 aromatic heterocycles. The molecule has 8 heteroatoms. The molecular formula is C23H19ClN2O4S. The van der Waals surface area contributed by atoms with E-state index in [1.54, 1.807) is 48.5 Å². The molecule has 0 spiro atoms. The number of aliphatic hydroxyl groups is 1. The van der Waals surface area contributed by atoms with Crippen molar-refractivity contribution < 1.29 is 19.4 Å². The molecule has 1 aliphatic heterocycles.